The van der Waals surface area contributed by atoms with Gasteiger partial charge in [-0.25, -0.2) is 13.1 Å². The first-order chi connectivity index (χ1) is 9.83. The highest BCUT2D eigenvalue weighted by Gasteiger charge is 2.41. The smallest absolute Gasteiger partial charge is 0.271 e. The van der Waals surface area contributed by atoms with E-state index in [9.17, 15) is 18.5 Å². The second-order valence-electron chi connectivity index (χ2n) is 5.26. The van der Waals surface area contributed by atoms with Gasteiger partial charge in [-0.1, -0.05) is 6.92 Å². The predicted octanol–water partition coefficient (Wildman–Crippen LogP) is 1.35. The van der Waals surface area contributed by atoms with E-state index in [1.165, 1.54) is 6.07 Å². The fourth-order valence-electron chi connectivity index (χ4n) is 2.14. The number of nitrogens with two attached hydrogens (primary N) is 1. The molecule has 0 radical (unpaired) electrons. The van der Waals surface area contributed by atoms with Crippen molar-refractivity contribution < 1.29 is 13.3 Å². The number of nitrogens with zero attached hydrogens (tertiary/aromatic N) is 1. The fraction of sp³-hybridized carbons (Fsp3) is 0.500. The maximum atomic E-state index is 12.3. The Morgan fingerprint density at radius 3 is 2.57 bits per heavy atom. The number of non-ortho nitro benzene ring substituents is 1. The summed E-state index contributed by atoms with van der Waals surface area (Å²) in [7, 11) is -3.76. The number of sulfonamides is 1. The van der Waals surface area contributed by atoms with Crippen LogP contribution >= 0.6 is 0 Å². The molecule has 2 rings (SSSR count). The van der Waals surface area contributed by atoms with Gasteiger partial charge >= 0.3 is 0 Å². The number of nitro benzene ring substituents is 1. The number of nitrogens with one attached hydrogen (secondary N) is 2. The molecular weight excluding hydrogens is 296 g/mol. The van der Waals surface area contributed by atoms with Crippen LogP contribution in [0, 0.1) is 15.5 Å². The Hall–Kier alpha value is -1.71. The second-order valence-corrected chi connectivity index (χ2v) is 7.00. The zero-order chi connectivity index (χ0) is 15.7. The van der Waals surface area contributed by atoms with E-state index < -0.39 is 14.9 Å². The minimum absolute atomic E-state index is 0.00181. The van der Waals surface area contributed by atoms with Gasteiger partial charge in [0.25, 0.3) is 5.69 Å². The second kappa shape index (κ2) is 5.58. The molecular formula is C12H18N4O4S. The fourth-order valence-corrected chi connectivity index (χ4v) is 3.44. The molecule has 1 fully saturated rings. The van der Waals surface area contributed by atoms with Gasteiger partial charge in [-0.15, -0.1) is 0 Å². The van der Waals surface area contributed by atoms with E-state index in [1.807, 2.05) is 6.92 Å². The first kappa shape index (κ1) is 15.7. The van der Waals surface area contributed by atoms with E-state index in [4.69, 9.17) is 5.84 Å². The monoisotopic (exact) mass is 314 g/mol. The Labute approximate surface area is 122 Å². The third-order valence-corrected chi connectivity index (χ3v) is 5.42. The molecule has 0 aliphatic heterocycles. The third kappa shape index (κ3) is 3.31. The number of nitro groups is 1. The molecule has 0 heterocycles. The highest BCUT2D eigenvalue weighted by atomic mass is 32.2. The molecule has 0 amide bonds. The van der Waals surface area contributed by atoms with Gasteiger partial charge in [0.2, 0.25) is 10.0 Å². The molecule has 0 aromatic heterocycles. The van der Waals surface area contributed by atoms with Crippen LogP contribution in [0.1, 0.15) is 26.2 Å². The first-order valence-electron chi connectivity index (χ1n) is 6.58. The summed E-state index contributed by atoms with van der Waals surface area (Å²) >= 11 is 0. The van der Waals surface area contributed by atoms with Crippen LogP contribution < -0.4 is 16.0 Å². The molecule has 8 nitrogen and oxygen atoms in total. The van der Waals surface area contributed by atoms with Crippen molar-refractivity contribution in [3.63, 3.8) is 0 Å². The van der Waals surface area contributed by atoms with Crippen LogP contribution in [0.2, 0.25) is 0 Å². The molecule has 116 valence electrons. The first-order valence-corrected chi connectivity index (χ1v) is 8.07. The maximum absolute atomic E-state index is 12.3. The lowest BCUT2D eigenvalue weighted by atomic mass is 10.1. The number of benzene rings is 1. The van der Waals surface area contributed by atoms with Crippen molar-refractivity contribution in [2.24, 2.45) is 11.3 Å². The number of hydrogen-bond donors (Lipinski definition) is 3. The van der Waals surface area contributed by atoms with Crippen molar-refractivity contribution in [1.82, 2.24) is 4.72 Å². The lowest BCUT2D eigenvalue weighted by Crippen LogP contribution is -2.31. The molecule has 4 N–H and O–H groups in total. The van der Waals surface area contributed by atoms with Crippen molar-refractivity contribution in [1.29, 1.82) is 0 Å². The van der Waals surface area contributed by atoms with Crippen LogP contribution in [0.4, 0.5) is 11.4 Å². The Morgan fingerprint density at radius 2 is 2.10 bits per heavy atom. The summed E-state index contributed by atoms with van der Waals surface area (Å²) in [6, 6.07) is 3.42. The Morgan fingerprint density at radius 1 is 1.43 bits per heavy atom. The Bertz CT molecular complexity index is 655. The minimum atomic E-state index is -3.76. The van der Waals surface area contributed by atoms with Gasteiger partial charge in [-0.05, 0) is 30.7 Å². The highest BCUT2D eigenvalue weighted by molar-refractivity contribution is 7.89. The minimum Gasteiger partial charge on any atom is -0.323 e. The zero-order valence-electron chi connectivity index (χ0n) is 11.6. The molecule has 9 heteroatoms. The third-order valence-electron chi connectivity index (χ3n) is 3.96. The molecule has 0 bridgehead atoms. The van der Waals surface area contributed by atoms with Gasteiger partial charge < -0.3 is 5.43 Å². The Balaban J connectivity index is 2.25. The number of anilines is 1. The summed E-state index contributed by atoms with van der Waals surface area (Å²) in [5, 5.41) is 10.7. The Kier molecular flexibility index (Phi) is 4.17. The molecule has 1 aromatic carbocycles. The van der Waals surface area contributed by atoms with Crippen LogP contribution in [-0.4, -0.2) is 19.9 Å². The quantitative estimate of drug-likeness (QED) is 0.396. The predicted molar refractivity (Wildman–Crippen MR) is 78.1 cm³/mol. The number of hydrogen-bond acceptors (Lipinski definition) is 6. The largest absolute Gasteiger partial charge is 0.323 e. The molecule has 0 saturated heterocycles. The molecule has 0 unspecified atom stereocenters. The number of nitrogen functional groups attached to an aromatic ring is 1. The van der Waals surface area contributed by atoms with Crippen molar-refractivity contribution in [3.8, 4) is 0 Å². The van der Waals surface area contributed by atoms with E-state index in [-0.39, 0.29) is 21.7 Å². The SMILES string of the molecule is CCC1(CNS(=O)(=O)c2ccc([N+](=O)[O-])cc2NN)CC1. The van der Waals surface area contributed by atoms with Crippen LogP contribution in [-0.2, 0) is 10.0 Å². The van der Waals surface area contributed by atoms with Gasteiger partial charge in [0, 0.05) is 18.7 Å². The highest BCUT2D eigenvalue weighted by Crippen LogP contribution is 2.48. The van der Waals surface area contributed by atoms with Crippen LogP contribution in [0.25, 0.3) is 0 Å². The molecule has 21 heavy (non-hydrogen) atoms. The van der Waals surface area contributed by atoms with Gasteiger partial charge in [0.05, 0.1) is 10.6 Å². The number of hydrazine groups is 1. The van der Waals surface area contributed by atoms with E-state index in [2.05, 4.69) is 10.1 Å². The molecule has 1 aliphatic carbocycles. The van der Waals surface area contributed by atoms with E-state index in [0.29, 0.717) is 6.54 Å². The van der Waals surface area contributed by atoms with Crippen molar-refractivity contribution in [2.75, 3.05) is 12.0 Å². The van der Waals surface area contributed by atoms with E-state index in [1.54, 1.807) is 0 Å². The van der Waals surface area contributed by atoms with Crippen molar-refractivity contribution in [2.45, 2.75) is 31.1 Å². The summed E-state index contributed by atoms with van der Waals surface area (Å²) in [4.78, 5) is 10.0. The van der Waals surface area contributed by atoms with Gasteiger partial charge in [0.15, 0.2) is 0 Å². The average Bonchev–Trinajstić information content (AvgIpc) is 3.25. The topological polar surface area (TPSA) is 127 Å². The summed E-state index contributed by atoms with van der Waals surface area (Å²) < 4.78 is 27.2. The van der Waals surface area contributed by atoms with Crippen molar-refractivity contribution >= 4 is 21.4 Å². The maximum Gasteiger partial charge on any atom is 0.271 e. The zero-order valence-corrected chi connectivity index (χ0v) is 12.4. The van der Waals surface area contributed by atoms with Gasteiger partial charge in [-0.3, -0.25) is 16.0 Å². The summed E-state index contributed by atoms with van der Waals surface area (Å²) in [5.74, 6) is 5.27. The van der Waals surface area contributed by atoms with Crippen LogP contribution in [0.15, 0.2) is 23.1 Å². The average molecular weight is 314 g/mol. The lowest BCUT2D eigenvalue weighted by Gasteiger charge is -2.15. The molecule has 1 saturated carbocycles. The summed E-state index contributed by atoms with van der Waals surface area (Å²) in [6.07, 6.45) is 2.93. The van der Waals surface area contributed by atoms with Crippen molar-refractivity contribution in [3.05, 3.63) is 28.3 Å². The van der Waals surface area contributed by atoms with Crippen LogP contribution in [0.5, 0.6) is 0 Å². The van der Waals surface area contributed by atoms with E-state index in [0.717, 1.165) is 31.4 Å². The molecule has 0 spiro atoms. The molecule has 1 aliphatic rings. The van der Waals surface area contributed by atoms with Crippen LogP contribution in [0.3, 0.4) is 0 Å². The number of rotatable bonds is 7. The standard InChI is InChI=1S/C12H18N4O4S/c1-2-12(5-6-12)8-14-21(19,20)11-4-3-9(16(17)18)7-10(11)15-13/h3-4,7,14-15H,2,5-6,8,13H2,1H3. The van der Waals surface area contributed by atoms with Gasteiger partial charge in [-0.2, -0.15) is 0 Å². The summed E-state index contributed by atoms with van der Waals surface area (Å²) in [6.45, 7) is 2.40. The summed E-state index contributed by atoms with van der Waals surface area (Å²) in [5.41, 5.74) is 2.03. The lowest BCUT2D eigenvalue weighted by molar-refractivity contribution is -0.384. The molecule has 1 aromatic rings. The normalized spacial score (nSPS) is 16.5. The van der Waals surface area contributed by atoms with Gasteiger partial charge in [0.1, 0.15) is 4.90 Å². The van der Waals surface area contributed by atoms with E-state index >= 15 is 0 Å². The molecule has 0 atom stereocenters.